The minimum absolute atomic E-state index is 0.0454. The van der Waals surface area contributed by atoms with Crippen LogP contribution in [-0.4, -0.2) is 37.5 Å². The lowest BCUT2D eigenvalue weighted by atomic mass is 9.98. The summed E-state index contributed by atoms with van der Waals surface area (Å²) >= 11 is 5.97. The monoisotopic (exact) mass is 414 g/mol. The minimum Gasteiger partial charge on any atom is -0.481 e. The Morgan fingerprint density at radius 2 is 2.00 bits per heavy atom. The molecule has 10 nitrogen and oxygen atoms in total. The number of urea groups is 1. The van der Waals surface area contributed by atoms with Crippen LogP contribution in [-0.2, 0) is 20.9 Å². The maximum Gasteiger partial charge on any atom is 0.413 e. The molecule has 1 heterocycles. The number of rotatable bonds is 6. The van der Waals surface area contributed by atoms with Gasteiger partial charge in [-0.15, -0.1) is 0 Å². The van der Waals surface area contributed by atoms with Crippen molar-refractivity contribution >= 4 is 33.9 Å². The third-order valence-electron chi connectivity index (χ3n) is 3.27. The lowest BCUT2D eigenvalue weighted by Gasteiger charge is -2.13. The van der Waals surface area contributed by atoms with Gasteiger partial charge in [-0.1, -0.05) is 30.7 Å². The van der Waals surface area contributed by atoms with Crippen LogP contribution < -0.4 is 15.2 Å². The number of nitrogens with zero attached hydrogens (tertiary/aromatic N) is 2. The molecule has 0 saturated carbocycles. The predicted molar refractivity (Wildman–Crippen MR) is 95.5 cm³/mol. The number of nitrogens with two attached hydrogens (primary N) is 1. The molecule has 0 aliphatic rings. The average molecular weight is 415 g/mol. The van der Waals surface area contributed by atoms with Crippen molar-refractivity contribution < 1.29 is 26.9 Å². The van der Waals surface area contributed by atoms with E-state index in [0.717, 1.165) is 0 Å². The van der Waals surface area contributed by atoms with Crippen LogP contribution in [0.4, 0.5) is 4.79 Å². The molecule has 27 heavy (non-hydrogen) atoms. The number of carbonyl (C=O) groups excluding carboxylic acids is 2. The van der Waals surface area contributed by atoms with Gasteiger partial charge in [0.2, 0.25) is 5.88 Å². The Morgan fingerprint density at radius 3 is 2.59 bits per heavy atom. The second-order valence-electron chi connectivity index (χ2n) is 5.04. The van der Waals surface area contributed by atoms with Gasteiger partial charge in [-0.05, 0) is 18.1 Å². The highest BCUT2D eigenvalue weighted by Gasteiger charge is 2.25. The van der Waals surface area contributed by atoms with E-state index in [9.17, 15) is 18.0 Å². The van der Waals surface area contributed by atoms with Crippen LogP contribution in [0.25, 0.3) is 11.4 Å². The smallest absolute Gasteiger partial charge is 0.413 e. The van der Waals surface area contributed by atoms with Gasteiger partial charge in [0.05, 0.1) is 12.7 Å². The van der Waals surface area contributed by atoms with Crippen LogP contribution in [0.3, 0.4) is 0 Å². The molecule has 2 rings (SSSR count). The largest absolute Gasteiger partial charge is 0.481 e. The number of ether oxygens (including phenoxy) is 1. The van der Waals surface area contributed by atoms with Crippen molar-refractivity contribution in [1.29, 1.82) is 0 Å². The summed E-state index contributed by atoms with van der Waals surface area (Å²) in [6, 6.07) is 4.55. The second-order valence-corrected chi connectivity index (χ2v) is 6.71. The molecule has 0 fully saturated rings. The quantitative estimate of drug-likeness (QED) is 0.673. The topological polar surface area (TPSA) is 151 Å². The third-order valence-corrected chi connectivity index (χ3v) is 4.28. The number of primary amides is 1. The van der Waals surface area contributed by atoms with Gasteiger partial charge in [-0.3, -0.25) is 0 Å². The first kappa shape index (κ1) is 20.4. The van der Waals surface area contributed by atoms with Crippen molar-refractivity contribution in [2.75, 3.05) is 7.11 Å². The Labute approximate surface area is 159 Å². The van der Waals surface area contributed by atoms with Gasteiger partial charge >= 0.3 is 22.3 Å². The van der Waals surface area contributed by atoms with Crippen molar-refractivity contribution in [2.45, 2.75) is 13.3 Å². The van der Waals surface area contributed by atoms with Crippen molar-refractivity contribution in [3.63, 3.8) is 0 Å². The van der Waals surface area contributed by atoms with Gasteiger partial charge in [0, 0.05) is 11.6 Å². The Kier molecular flexibility index (Phi) is 6.18. The van der Waals surface area contributed by atoms with E-state index in [4.69, 9.17) is 22.1 Å². The molecule has 0 aliphatic carbocycles. The zero-order valence-corrected chi connectivity index (χ0v) is 15.8. The SMILES string of the molecule is CCc1cccc(C(=O)OS(=O)(=O)NC(N)=O)c1-c1nc(Cl)cc(OC)n1. The number of aryl methyl sites for hydroxylation is 1. The van der Waals surface area contributed by atoms with Crippen LogP contribution >= 0.6 is 11.6 Å². The number of benzene rings is 1. The Morgan fingerprint density at radius 1 is 1.30 bits per heavy atom. The summed E-state index contributed by atoms with van der Waals surface area (Å²) in [5.74, 6) is -1.06. The summed E-state index contributed by atoms with van der Waals surface area (Å²) in [5.41, 5.74) is 5.45. The lowest BCUT2D eigenvalue weighted by molar-refractivity contribution is 0.0745. The van der Waals surface area contributed by atoms with Gasteiger partial charge < -0.3 is 14.7 Å². The van der Waals surface area contributed by atoms with Crippen molar-refractivity contribution in [3.05, 3.63) is 40.5 Å². The number of hydrogen-bond donors (Lipinski definition) is 2. The van der Waals surface area contributed by atoms with Crippen LogP contribution in [0.2, 0.25) is 5.15 Å². The number of methoxy groups -OCH3 is 1. The number of aromatic nitrogens is 2. The average Bonchev–Trinajstić information content (AvgIpc) is 2.58. The van der Waals surface area contributed by atoms with Crippen LogP contribution in [0.15, 0.2) is 24.3 Å². The number of nitrogens with one attached hydrogen (secondary N) is 1. The zero-order valence-electron chi connectivity index (χ0n) is 14.2. The number of carbonyl (C=O) groups is 2. The third kappa shape index (κ3) is 5.05. The number of amides is 2. The normalized spacial score (nSPS) is 10.9. The predicted octanol–water partition coefficient (Wildman–Crippen LogP) is 1.44. The molecule has 0 spiro atoms. The van der Waals surface area contributed by atoms with E-state index in [1.165, 1.54) is 30.0 Å². The Balaban J connectivity index is 2.58. The van der Waals surface area contributed by atoms with Crippen molar-refractivity contribution in [1.82, 2.24) is 14.7 Å². The van der Waals surface area contributed by atoms with Crippen LogP contribution in [0.5, 0.6) is 5.88 Å². The van der Waals surface area contributed by atoms with Gasteiger partial charge in [0.1, 0.15) is 5.15 Å². The highest BCUT2D eigenvalue weighted by atomic mass is 35.5. The van der Waals surface area contributed by atoms with Gasteiger partial charge in [-0.25, -0.2) is 19.3 Å². The van der Waals surface area contributed by atoms with Crippen molar-refractivity contribution in [2.24, 2.45) is 5.73 Å². The summed E-state index contributed by atoms with van der Waals surface area (Å²) < 4.78 is 34.1. The van der Waals surface area contributed by atoms with E-state index < -0.39 is 22.3 Å². The van der Waals surface area contributed by atoms with Crippen LogP contribution in [0.1, 0.15) is 22.8 Å². The maximum atomic E-state index is 12.4. The Hall–Kier alpha value is -2.92. The summed E-state index contributed by atoms with van der Waals surface area (Å²) in [6.45, 7) is 1.82. The standard InChI is InChI=1S/C15H15ClN4O6S/c1-3-8-5-4-6-9(14(21)26-27(23,24)20-15(17)22)12(8)13-18-10(16)7-11(19-13)25-2/h4-7H,3H2,1-2H3,(H3,17,20,22). The van der Waals surface area contributed by atoms with Crippen LogP contribution in [0, 0.1) is 0 Å². The molecule has 0 unspecified atom stereocenters. The molecule has 0 radical (unpaired) electrons. The fourth-order valence-corrected chi connectivity index (χ4v) is 2.98. The molecule has 2 amide bonds. The van der Waals surface area contributed by atoms with E-state index in [1.54, 1.807) is 6.07 Å². The molecular weight excluding hydrogens is 400 g/mol. The first-order valence-corrected chi connectivity index (χ1v) is 9.22. The second kappa shape index (κ2) is 8.18. The first-order valence-electron chi connectivity index (χ1n) is 7.43. The summed E-state index contributed by atoms with van der Waals surface area (Å²) in [6.07, 6.45) is 0.473. The molecule has 0 aliphatic heterocycles. The highest BCUT2D eigenvalue weighted by Crippen LogP contribution is 2.29. The van der Waals surface area contributed by atoms with E-state index in [2.05, 4.69) is 14.2 Å². The van der Waals surface area contributed by atoms with E-state index in [0.29, 0.717) is 12.0 Å². The molecule has 0 atom stereocenters. The molecule has 1 aromatic heterocycles. The zero-order chi connectivity index (χ0) is 20.2. The lowest BCUT2D eigenvalue weighted by Crippen LogP contribution is -2.37. The molecule has 0 bridgehead atoms. The van der Waals surface area contributed by atoms with Gasteiger partial charge in [-0.2, -0.15) is 13.4 Å². The van der Waals surface area contributed by atoms with Gasteiger partial charge in [0.15, 0.2) is 5.82 Å². The maximum absolute atomic E-state index is 12.4. The molecule has 144 valence electrons. The van der Waals surface area contributed by atoms with Gasteiger partial charge in [0.25, 0.3) is 0 Å². The molecule has 2 aromatic rings. The fourth-order valence-electron chi connectivity index (χ4n) is 2.23. The summed E-state index contributed by atoms with van der Waals surface area (Å²) in [4.78, 5) is 31.4. The van der Waals surface area contributed by atoms with Crippen molar-refractivity contribution in [3.8, 4) is 17.3 Å². The van der Waals surface area contributed by atoms with E-state index >= 15 is 0 Å². The first-order chi connectivity index (χ1) is 12.7. The van der Waals surface area contributed by atoms with E-state index in [1.807, 2.05) is 6.92 Å². The fraction of sp³-hybridized carbons (Fsp3) is 0.200. The summed E-state index contributed by atoms with van der Waals surface area (Å²) in [5, 5.41) is 0.0603. The molecule has 0 saturated heterocycles. The summed E-state index contributed by atoms with van der Waals surface area (Å²) in [7, 11) is -3.35. The molecule has 12 heteroatoms. The number of hydrogen-bond acceptors (Lipinski definition) is 8. The molecular formula is C15H15ClN4O6S. The Bertz CT molecular complexity index is 996. The minimum atomic E-state index is -4.73. The molecule has 3 N–H and O–H groups in total. The van der Waals surface area contributed by atoms with E-state index in [-0.39, 0.29) is 28.0 Å². The highest BCUT2D eigenvalue weighted by molar-refractivity contribution is 7.85. The number of halogens is 1. The molecule has 1 aromatic carbocycles.